The summed E-state index contributed by atoms with van der Waals surface area (Å²) in [5.41, 5.74) is 0.943. The normalized spacial score (nSPS) is 18.6. The fraction of sp³-hybridized carbons (Fsp3) is 0.300. The number of carbonyl (C=O) groups excluding carboxylic acids is 2. The van der Waals surface area contributed by atoms with Crippen LogP contribution in [0.1, 0.15) is 22.8 Å². The lowest BCUT2D eigenvalue weighted by molar-refractivity contribution is -0.182. The smallest absolute Gasteiger partial charge is 0.326 e. The summed E-state index contributed by atoms with van der Waals surface area (Å²) in [5.74, 6) is -1.32. The molecule has 130 valence electrons. The largest absolute Gasteiger partial charge is 0.468 e. The highest BCUT2D eigenvalue weighted by molar-refractivity contribution is 6.01. The summed E-state index contributed by atoms with van der Waals surface area (Å²) >= 11 is 0. The van der Waals surface area contributed by atoms with Crippen LogP contribution in [0.15, 0.2) is 54.6 Å². The van der Waals surface area contributed by atoms with Crippen LogP contribution in [0.5, 0.6) is 0 Å². The van der Waals surface area contributed by atoms with Crippen LogP contribution < -0.4 is 0 Å². The van der Waals surface area contributed by atoms with Crippen molar-refractivity contribution in [1.82, 2.24) is 0 Å². The standard InChI is InChI=1S/C20H20O5/c1-23-18(21)20(19(22)24-2)12-15-10-6-7-11-16(15)13-25-17(20)14-8-4-3-5-9-14/h3-11,17H,12-13H2,1-2H3. The molecule has 5 nitrogen and oxygen atoms in total. The first-order valence-electron chi connectivity index (χ1n) is 8.03. The Morgan fingerprint density at radius 1 is 0.920 bits per heavy atom. The van der Waals surface area contributed by atoms with Crippen molar-refractivity contribution in [2.45, 2.75) is 19.1 Å². The van der Waals surface area contributed by atoms with Gasteiger partial charge in [0.2, 0.25) is 0 Å². The zero-order chi connectivity index (χ0) is 17.9. The van der Waals surface area contributed by atoms with Gasteiger partial charge in [0, 0.05) is 6.42 Å². The predicted molar refractivity (Wildman–Crippen MR) is 90.6 cm³/mol. The SMILES string of the molecule is COC(=O)C1(C(=O)OC)Cc2ccccc2COC1c1ccccc1. The Hall–Kier alpha value is -2.66. The van der Waals surface area contributed by atoms with Gasteiger partial charge in [-0.05, 0) is 16.7 Å². The molecule has 0 spiro atoms. The van der Waals surface area contributed by atoms with Gasteiger partial charge < -0.3 is 14.2 Å². The molecule has 0 aliphatic carbocycles. The Morgan fingerprint density at radius 3 is 2.08 bits per heavy atom. The molecule has 2 aromatic carbocycles. The maximum absolute atomic E-state index is 12.8. The number of rotatable bonds is 3. The van der Waals surface area contributed by atoms with Gasteiger partial charge in [-0.1, -0.05) is 54.6 Å². The van der Waals surface area contributed by atoms with Gasteiger partial charge in [-0.3, -0.25) is 9.59 Å². The maximum Gasteiger partial charge on any atom is 0.326 e. The Bertz CT molecular complexity index is 753. The first-order chi connectivity index (χ1) is 12.1. The van der Waals surface area contributed by atoms with Crippen LogP contribution in [0, 0.1) is 5.41 Å². The van der Waals surface area contributed by atoms with Crippen molar-refractivity contribution in [1.29, 1.82) is 0 Å². The van der Waals surface area contributed by atoms with Crippen molar-refractivity contribution in [3.63, 3.8) is 0 Å². The monoisotopic (exact) mass is 340 g/mol. The first-order valence-corrected chi connectivity index (χ1v) is 8.03. The number of fused-ring (bicyclic) bond motifs is 1. The Balaban J connectivity index is 2.21. The molecular formula is C20H20O5. The average molecular weight is 340 g/mol. The lowest BCUT2D eigenvalue weighted by Gasteiger charge is -2.34. The van der Waals surface area contributed by atoms with Crippen LogP contribution in [0.4, 0.5) is 0 Å². The fourth-order valence-corrected chi connectivity index (χ4v) is 3.39. The van der Waals surface area contributed by atoms with E-state index >= 15 is 0 Å². The van der Waals surface area contributed by atoms with Crippen molar-refractivity contribution < 1.29 is 23.8 Å². The summed E-state index contributed by atoms with van der Waals surface area (Å²) in [6.45, 7) is 0.297. The van der Waals surface area contributed by atoms with Gasteiger partial charge >= 0.3 is 11.9 Å². The maximum atomic E-state index is 12.8. The van der Waals surface area contributed by atoms with E-state index < -0.39 is 23.5 Å². The van der Waals surface area contributed by atoms with Crippen molar-refractivity contribution in [3.8, 4) is 0 Å². The van der Waals surface area contributed by atoms with E-state index in [9.17, 15) is 9.59 Å². The van der Waals surface area contributed by atoms with E-state index in [4.69, 9.17) is 14.2 Å². The number of hydrogen-bond acceptors (Lipinski definition) is 5. The Kier molecular flexibility index (Phi) is 4.86. The lowest BCUT2D eigenvalue weighted by atomic mass is 9.74. The van der Waals surface area contributed by atoms with E-state index in [1.807, 2.05) is 54.6 Å². The van der Waals surface area contributed by atoms with E-state index in [-0.39, 0.29) is 6.42 Å². The van der Waals surface area contributed by atoms with Gasteiger partial charge in [0.05, 0.1) is 20.8 Å². The molecule has 0 bridgehead atoms. The fourth-order valence-electron chi connectivity index (χ4n) is 3.39. The second-order valence-corrected chi connectivity index (χ2v) is 6.00. The molecule has 0 N–H and O–H groups in total. The van der Waals surface area contributed by atoms with Gasteiger partial charge in [0.15, 0.2) is 5.41 Å². The molecule has 5 heteroatoms. The van der Waals surface area contributed by atoms with Gasteiger partial charge in [-0.2, -0.15) is 0 Å². The first kappa shape index (κ1) is 17.2. The number of ether oxygens (including phenoxy) is 3. The molecule has 1 atom stereocenters. The topological polar surface area (TPSA) is 61.8 Å². The molecule has 0 aromatic heterocycles. The van der Waals surface area contributed by atoms with E-state index in [0.717, 1.165) is 16.7 Å². The molecule has 1 aliphatic rings. The molecule has 1 unspecified atom stereocenters. The van der Waals surface area contributed by atoms with Crippen LogP contribution >= 0.6 is 0 Å². The van der Waals surface area contributed by atoms with Crippen LogP contribution in [0.25, 0.3) is 0 Å². The minimum absolute atomic E-state index is 0.155. The number of esters is 2. The molecule has 0 saturated heterocycles. The van der Waals surface area contributed by atoms with Gasteiger partial charge in [0.25, 0.3) is 0 Å². The van der Waals surface area contributed by atoms with Crippen molar-refractivity contribution in [3.05, 3.63) is 71.3 Å². The van der Waals surface area contributed by atoms with Crippen LogP contribution in [0.2, 0.25) is 0 Å². The summed E-state index contributed by atoms with van der Waals surface area (Å²) < 4.78 is 16.1. The predicted octanol–water partition coefficient (Wildman–Crippen LogP) is 2.83. The third-order valence-corrected chi connectivity index (χ3v) is 4.64. The van der Waals surface area contributed by atoms with Gasteiger partial charge in [0.1, 0.15) is 6.10 Å². The minimum atomic E-state index is -1.60. The van der Waals surface area contributed by atoms with E-state index in [1.165, 1.54) is 14.2 Å². The second-order valence-electron chi connectivity index (χ2n) is 6.00. The highest BCUT2D eigenvalue weighted by Gasteiger charge is 2.57. The van der Waals surface area contributed by atoms with Gasteiger partial charge in [-0.25, -0.2) is 0 Å². The van der Waals surface area contributed by atoms with Crippen LogP contribution in [-0.2, 0) is 36.8 Å². The lowest BCUT2D eigenvalue weighted by Crippen LogP contribution is -2.48. The highest BCUT2D eigenvalue weighted by atomic mass is 16.6. The van der Waals surface area contributed by atoms with Crippen molar-refractivity contribution in [2.75, 3.05) is 14.2 Å². The molecule has 0 amide bonds. The molecule has 2 aromatic rings. The summed E-state index contributed by atoms with van der Waals surface area (Å²) in [4.78, 5) is 25.7. The molecule has 1 aliphatic heterocycles. The summed E-state index contributed by atoms with van der Waals surface area (Å²) in [5, 5.41) is 0. The summed E-state index contributed by atoms with van der Waals surface area (Å²) in [7, 11) is 2.54. The third-order valence-electron chi connectivity index (χ3n) is 4.64. The van der Waals surface area contributed by atoms with Gasteiger partial charge in [-0.15, -0.1) is 0 Å². The molecule has 0 saturated carbocycles. The zero-order valence-electron chi connectivity index (χ0n) is 14.2. The third kappa shape index (κ3) is 2.91. The van der Waals surface area contributed by atoms with Crippen molar-refractivity contribution in [2.24, 2.45) is 5.41 Å². The van der Waals surface area contributed by atoms with E-state index in [1.54, 1.807) is 0 Å². The number of hydrogen-bond donors (Lipinski definition) is 0. The average Bonchev–Trinajstić information content (AvgIpc) is 2.85. The summed E-state index contributed by atoms with van der Waals surface area (Å²) in [6, 6.07) is 16.8. The Labute approximate surface area is 146 Å². The molecule has 1 heterocycles. The number of benzene rings is 2. The second kappa shape index (κ2) is 7.07. The minimum Gasteiger partial charge on any atom is -0.468 e. The quantitative estimate of drug-likeness (QED) is 0.635. The number of methoxy groups -OCH3 is 2. The molecule has 3 rings (SSSR count). The molecule has 0 radical (unpaired) electrons. The number of carbonyl (C=O) groups is 2. The highest BCUT2D eigenvalue weighted by Crippen LogP contribution is 2.45. The van der Waals surface area contributed by atoms with Crippen LogP contribution in [-0.4, -0.2) is 26.2 Å². The molecular weight excluding hydrogens is 320 g/mol. The van der Waals surface area contributed by atoms with Crippen molar-refractivity contribution >= 4 is 11.9 Å². The van der Waals surface area contributed by atoms with Crippen LogP contribution in [0.3, 0.4) is 0 Å². The van der Waals surface area contributed by atoms with E-state index in [2.05, 4.69) is 0 Å². The Morgan fingerprint density at radius 2 is 1.48 bits per heavy atom. The van der Waals surface area contributed by atoms with E-state index in [0.29, 0.717) is 6.61 Å². The molecule has 25 heavy (non-hydrogen) atoms. The molecule has 0 fully saturated rings. The zero-order valence-corrected chi connectivity index (χ0v) is 14.2. The summed E-state index contributed by atoms with van der Waals surface area (Å²) in [6.07, 6.45) is -0.650.